The van der Waals surface area contributed by atoms with Crippen molar-refractivity contribution in [2.75, 3.05) is 19.6 Å². The molecule has 0 spiro atoms. The zero-order valence-corrected chi connectivity index (χ0v) is 22.6. The Morgan fingerprint density at radius 2 is 1.88 bits per heavy atom. The number of H-pyrrole nitrogens is 1. The van der Waals surface area contributed by atoms with Gasteiger partial charge in [0.2, 0.25) is 0 Å². The maximum atomic E-state index is 15.0. The molecule has 9 nitrogen and oxygen atoms in total. The number of hydrogen-bond acceptors (Lipinski definition) is 5. The van der Waals surface area contributed by atoms with Gasteiger partial charge in [0.05, 0.1) is 35.2 Å². The molecule has 2 heterocycles. The number of aromatic nitrogens is 2. The lowest BCUT2D eigenvalue weighted by Gasteiger charge is -2.40. The van der Waals surface area contributed by atoms with Gasteiger partial charge in [0, 0.05) is 38.0 Å². The minimum absolute atomic E-state index is 0.00198. The third-order valence-electron chi connectivity index (χ3n) is 7.29. The van der Waals surface area contributed by atoms with Crippen molar-refractivity contribution in [3.05, 3.63) is 111 Å². The Morgan fingerprint density at radius 3 is 2.66 bits per heavy atom. The fraction of sp³-hybridized carbons (Fsp3) is 0.258. The minimum Gasteiger partial charge on any atom is -0.334 e. The van der Waals surface area contributed by atoms with E-state index in [-0.39, 0.29) is 49.6 Å². The van der Waals surface area contributed by atoms with E-state index < -0.39 is 17.8 Å². The molecule has 208 valence electrons. The van der Waals surface area contributed by atoms with Crippen LogP contribution in [0.4, 0.5) is 9.18 Å². The zero-order valence-electron chi connectivity index (χ0n) is 22.6. The summed E-state index contributed by atoms with van der Waals surface area (Å²) in [5.41, 5.74) is 2.89. The summed E-state index contributed by atoms with van der Waals surface area (Å²) in [6, 6.07) is 20.5. The lowest BCUT2D eigenvalue weighted by Crippen LogP contribution is -2.58. The highest BCUT2D eigenvalue weighted by Gasteiger charge is 2.34. The highest BCUT2D eigenvalue weighted by atomic mass is 19.1. The molecule has 1 aliphatic heterocycles. The summed E-state index contributed by atoms with van der Waals surface area (Å²) in [5.74, 6) is -1.21. The van der Waals surface area contributed by atoms with Crippen LogP contribution in [0, 0.1) is 24.1 Å². The smallest absolute Gasteiger partial charge is 0.317 e. The third-order valence-corrected chi connectivity index (χ3v) is 7.29. The minimum atomic E-state index is -0.674. The summed E-state index contributed by atoms with van der Waals surface area (Å²) in [6.07, 6.45) is 0.274. The van der Waals surface area contributed by atoms with E-state index in [9.17, 15) is 24.0 Å². The van der Waals surface area contributed by atoms with E-state index in [2.05, 4.69) is 21.6 Å². The van der Waals surface area contributed by atoms with Crippen LogP contribution in [-0.2, 0) is 13.0 Å². The number of hydrogen-bond donors (Lipinski definition) is 2. The quantitative estimate of drug-likeness (QED) is 0.376. The summed E-state index contributed by atoms with van der Waals surface area (Å²) in [6.45, 7) is 2.92. The number of benzene rings is 3. The fourth-order valence-electron chi connectivity index (χ4n) is 5.20. The number of carbonyl (C=O) groups excluding carboxylic acids is 2. The molecule has 1 aromatic heterocycles. The number of halogens is 1. The summed E-state index contributed by atoms with van der Waals surface area (Å²) in [4.78, 5) is 41.7. The van der Waals surface area contributed by atoms with E-state index in [4.69, 9.17) is 0 Å². The molecule has 0 aliphatic carbocycles. The maximum absolute atomic E-state index is 15.0. The van der Waals surface area contributed by atoms with Crippen LogP contribution in [0.25, 0.3) is 10.8 Å². The van der Waals surface area contributed by atoms with Crippen molar-refractivity contribution in [1.29, 1.82) is 5.26 Å². The molecule has 41 heavy (non-hydrogen) atoms. The first kappa shape index (κ1) is 27.5. The number of urea groups is 1. The van der Waals surface area contributed by atoms with Gasteiger partial charge in [-0.1, -0.05) is 54.1 Å². The Morgan fingerprint density at radius 1 is 1.07 bits per heavy atom. The molecule has 10 heteroatoms. The average Bonchev–Trinajstić information content (AvgIpc) is 2.98. The molecule has 3 aromatic carbocycles. The van der Waals surface area contributed by atoms with Gasteiger partial charge in [-0.25, -0.2) is 14.3 Å². The van der Waals surface area contributed by atoms with Gasteiger partial charge >= 0.3 is 6.03 Å². The standard InChI is InChI=1S/C31H29FN6O3/c1-20-5-4-6-22(15-20)18-34-31(41)37-13-14-38(23(19-37)11-12-33)30(40)26-16-21(9-10-27(26)32)17-28-24-7-2-3-8-25(24)29(39)36-35-28/h2-10,15-16,23H,11,13-14,17-19H2,1H3,(H,34,41)(H,36,39)/t23-/m1/s1. The molecule has 1 fully saturated rings. The van der Waals surface area contributed by atoms with Crippen molar-refractivity contribution in [3.8, 4) is 6.07 Å². The summed E-state index contributed by atoms with van der Waals surface area (Å²) in [5, 5.41) is 20.2. The fourth-order valence-corrected chi connectivity index (χ4v) is 5.20. The number of piperazine rings is 1. The SMILES string of the molecule is Cc1cccc(CNC(=O)N2CCN(C(=O)c3cc(Cc4n[nH]c(=O)c5ccccc45)ccc3F)[C@H](CC#N)C2)c1. The molecule has 0 unspecified atom stereocenters. The lowest BCUT2D eigenvalue weighted by molar-refractivity contribution is 0.0511. The summed E-state index contributed by atoms with van der Waals surface area (Å²) < 4.78 is 15.0. The highest BCUT2D eigenvalue weighted by molar-refractivity contribution is 5.95. The Hall–Kier alpha value is -5.04. The molecule has 4 aromatic rings. The van der Waals surface area contributed by atoms with Gasteiger partial charge in [0.25, 0.3) is 11.5 Å². The van der Waals surface area contributed by atoms with E-state index >= 15 is 0 Å². The molecule has 1 atom stereocenters. The first-order valence-electron chi connectivity index (χ1n) is 13.3. The second-order valence-corrected chi connectivity index (χ2v) is 10.1. The number of amides is 3. The number of rotatable bonds is 6. The van der Waals surface area contributed by atoms with E-state index in [1.807, 2.05) is 37.3 Å². The molecule has 5 rings (SSSR count). The van der Waals surface area contributed by atoms with Crippen LogP contribution in [0.5, 0.6) is 0 Å². The second kappa shape index (κ2) is 12.0. The molecular formula is C31H29FN6O3. The van der Waals surface area contributed by atoms with Crippen molar-refractivity contribution in [3.63, 3.8) is 0 Å². The normalized spacial score (nSPS) is 15.0. The first-order valence-corrected chi connectivity index (χ1v) is 13.3. The van der Waals surface area contributed by atoms with Crippen molar-refractivity contribution in [1.82, 2.24) is 25.3 Å². The average molecular weight is 553 g/mol. The molecule has 1 saturated heterocycles. The van der Waals surface area contributed by atoms with Gasteiger partial charge in [0.1, 0.15) is 5.82 Å². The number of carbonyl (C=O) groups is 2. The number of aromatic amines is 1. The van der Waals surface area contributed by atoms with Crippen LogP contribution in [0.2, 0.25) is 0 Å². The Balaban J connectivity index is 1.31. The first-order chi connectivity index (χ1) is 19.8. The molecule has 0 saturated carbocycles. The predicted molar refractivity (Wildman–Crippen MR) is 152 cm³/mol. The Bertz CT molecular complexity index is 1710. The molecule has 0 radical (unpaired) electrons. The monoisotopic (exact) mass is 552 g/mol. The number of fused-ring (bicyclic) bond motifs is 1. The predicted octanol–water partition coefficient (Wildman–Crippen LogP) is 3.91. The zero-order chi connectivity index (χ0) is 28.9. The number of nitrogens with one attached hydrogen (secondary N) is 2. The van der Waals surface area contributed by atoms with Gasteiger partial charge < -0.3 is 15.1 Å². The van der Waals surface area contributed by atoms with Crippen molar-refractivity contribution in [2.24, 2.45) is 0 Å². The number of nitrogens with zero attached hydrogens (tertiary/aromatic N) is 4. The van der Waals surface area contributed by atoms with Crippen molar-refractivity contribution >= 4 is 22.7 Å². The molecular weight excluding hydrogens is 523 g/mol. The Kier molecular flexibility index (Phi) is 8.06. The van der Waals surface area contributed by atoms with Gasteiger partial charge in [-0.05, 0) is 36.2 Å². The van der Waals surface area contributed by atoms with Crippen LogP contribution in [0.3, 0.4) is 0 Å². The van der Waals surface area contributed by atoms with Crippen LogP contribution in [-0.4, -0.2) is 57.6 Å². The largest absolute Gasteiger partial charge is 0.334 e. The summed E-state index contributed by atoms with van der Waals surface area (Å²) in [7, 11) is 0. The number of aryl methyl sites for hydroxylation is 1. The topological polar surface area (TPSA) is 122 Å². The second-order valence-electron chi connectivity index (χ2n) is 10.1. The highest BCUT2D eigenvalue weighted by Crippen LogP contribution is 2.22. The third kappa shape index (κ3) is 6.09. The molecule has 0 bridgehead atoms. The van der Waals surface area contributed by atoms with Gasteiger partial charge in [-0.2, -0.15) is 10.4 Å². The van der Waals surface area contributed by atoms with E-state index in [1.165, 1.54) is 17.0 Å². The van der Waals surface area contributed by atoms with Crippen LogP contribution in [0.1, 0.15) is 39.2 Å². The van der Waals surface area contributed by atoms with E-state index in [0.29, 0.717) is 28.6 Å². The van der Waals surface area contributed by atoms with E-state index in [1.54, 1.807) is 29.2 Å². The van der Waals surface area contributed by atoms with Crippen molar-refractivity contribution in [2.45, 2.75) is 32.4 Å². The summed E-state index contributed by atoms with van der Waals surface area (Å²) >= 11 is 0. The van der Waals surface area contributed by atoms with E-state index in [0.717, 1.165) is 11.1 Å². The molecule has 1 aliphatic rings. The lowest BCUT2D eigenvalue weighted by atomic mass is 10.0. The van der Waals surface area contributed by atoms with Crippen molar-refractivity contribution < 1.29 is 14.0 Å². The molecule has 3 amide bonds. The number of nitriles is 1. The van der Waals surface area contributed by atoms with Gasteiger partial charge in [0.15, 0.2) is 0 Å². The van der Waals surface area contributed by atoms with Gasteiger partial charge in [-0.3, -0.25) is 9.59 Å². The molecule has 2 N–H and O–H groups in total. The van der Waals surface area contributed by atoms with Crippen LogP contribution < -0.4 is 10.9 Å². The van der Waals surface area contributed by atoms with Gasteiger partial charge in [-0.15, -0.1) is 0 Å². The maximum Gasteiger partial charge on any atom is 0.317 e. The van der Waals surface area contributed by atoms with Crippen LogP contribution >= 0.6 is 0 Å². The Labute approximate surface area is 236 Å². The van der Waals surface area contributed by atoms with Crippen LogP contribution in [0.15, 0.2) is 71.5 Å².